The largest absolute Gasteiger partial charge is 0.352 e. The molecule has 0 fully saturated rings. The van der Waals surface area contributed by atoms with Crippen LogP contribution < -0.4 is 5.32 Å². The lowest BCUT2D eigenvalue weighted by Gasteiger charge is -2.04. The van der Waals surface area contributed by atoms with Gasteiger partial charge in [0.25, 0.3) is 5.91 Å². The monoisotopic (exact) mass is 175 g/mol. The minimum atomic E-state index is 0.0764. The molecular weight excluding hydrogens is 162 g/mol. The summed E-state index contributed by atoms with van der Waals surface area (Å²) in [4.78, 5) is 11.5. The van der Waals surface area contributed by atoms with Crippen molar-refractivity contribution in [1.82, 2.24) is 5.32 Å². The quantitative estimate of drug-likeness (QED) is 0.638. The van der Waals surface area contributed by atoms with Gasteiger partial charge in [-0.3, -0.25) is 4.79 Å². The van der Waals surface area contributed by atoms with Gasteiger partial charge < -0.3 is 5.32 Å². The fraction of sp³-hybridized carbons (Fsp3) is 0.364. The normalized spacial score (nSPS) is 15.9. The van der Waals surface area contributed by atoms with E-state index in [1.807, 2.05) is 12.1 Å². The Morgan fingerprint density at radius 3 is 3.08 bits per heavy atom. The van der Waals surface area contributed by atoms with Crippen LogP contribution in [0.15, 0.2) is 18.2 Å². The molecule has 0 spiro atoms. The third-order valence-corrected chi connectivity index (χ3v) is 2.41. The molecular formula is C11H13NO. The fourth-order valence-corrected chi connectivity index (χ4v) is 1.73. The first-order valence-electron chi connectivity index (χ1n) is 4.65. The van der Waals surface area contributed by atoms with Gasteiger partial charge in [-0.15, -0.1) is 0 Å². The molecule has 13 heavy (non-hydrogen) atoms. The van der Waals surface area contributed by atoms with Gasteiger partial charge in [0, 0.05) is 12.1 Å². The van der Waals surface area contributed by atoms with Crippen LogP contribution in [0.5, 0.6) is 0 Å². The number of carbonyl (C=O) groups excluding carboxylic acids is 1. The second-order valence-corrected chi connectivity index (χ2v) is 3.52. The van der Waals surface area contributed by atoms with Crippen LogP contribution in [-0.2, 0) is 6.42 Å². The second-order valence-electron chi connectivity index (χ2n) is 3.52. The zero-order valence-electron chi connectivity index (χ0n) is 7.76. The summed E-state index contributed by atoms with van der Waals surface area (Å²) < 4.78 is 0. The predicted octanol–water partition coefficient (Wildman–Crippen LogP) is 1.67. The van der Waals surface area contributed by atoms with Crippen molar-refractivity contribution in [3.63, 3.8) is 0 Å². The van der Waals surface area contributed by atoms with Crippen molar-refractivity contribution >= 4 is 5.91 Å². The molecule has 1 heterocycles. The van der Waals surface area contributed by atoms with E-state index in [0.29, 0.717) is 0 Å². The molecule has 0 radical (unpaired) electrons. The van der Waals surface area contributed by atoms with E-state index in [-0.39, 0.29) is 5.91 Å². The Morgan fingerprint density at radius 1 is 1.38 bits per heavy atom. The SMILES string of the molecule is Cc1ccc2c(c1)CCCNC2=O. The van der Waals surface area contributed by atoms with Crippen LogP contribution in [0.2, 0.25) is 0 Å². The van der Waals surface area contributed by atoms with Crippen LogP contribution in [0.25, 0.3) is 0 Å². The average molecular weight is 175 g/mol. The first kappa shape index (κ1) is 8.30. The van der Waals surface area contributed by atoms with Gasteiger partial charge in [0.15, 0.2) is 0 Å². The Balaban J connectivity index is 2.48. The molecule has 0 saturated carbocycles. The molecule has 0 aliphatic carbocycles. The molecule has 1 aromatic rings. The summed E-state index contributed by atoms with van der Waals surface area (Å²) >= 11 is 0. The molecule has 2 heteroatoms. The van der Waals surface area contributed by atoms with Crippen LogP contribution >= 0.6 is 0 Å². The van der Waals surface area contributed by atoms with Crippen LogP contribution in [-0.4, -0.2) is 12.5 Å². The van der Waals surface area contributed by atoms with Crippen molar-refractivity contribution in [3.05, 3.63) is 34.9 Å². The van der Waals surface area contributed by atoms with Crippen molar-refractivity contribution in [1.29, 1.82) is 0 Å². The highest BCUT2D eigenvalue weighted by molar-refractivity contribution is 5.96. The third-order valence-electron chi connectivity index (χ3n) is 2.41. The molecule has 0 saturated heterocycles. The number of amides is 1. The molecule has 1 N–H and O–H groups in total. The molecule has 2 rings (SSSR count). The molecule has 0 aromatic heterocycles. The van der Waals surface area contributed by atoms with Gasteiger partial charge in [0.1, 0.15) is 0 Å². The number of benzene rings is 1. The molecule has 0 bridgehead atoms. The maximum Gasteiger partial charge on any atom is 0.251 e. The maximum absolute atomic E-state index is 11.5. The summed E-state index contributed by atoms with van der Waals surface area (Å²) in [5.41, 5.74) is 3.27. The zero-order valence-corrected chi connectivity index (χ0v) is 7.76. The molecule has 68 valence electrons. The smallest absolute Gasteiger partial charge is 0.251 e. The second kappa shape index (κ2) is 3.21. The third kappa shape index (κ3) is 1.57. The Hall–Kier alpha value is -1.31. The summed E-state index contributed by atoms with van der Waals surface area (Å²) in [5.74, 6) is 0.0764. The van der Waals surface area contributed by atoms with E-state index in [1.165, 1.54) is 11.1 Å². The minimum Gasteiger partial charge on any atom is -0.352 e. The summed E-state index contributed by atoms with van der Waals surface area (Å²) in [6, 6.07) is 6.02. The van der Waals surface area contributed by atoms with Gasteiger partial charge in [-0.1, -0.05) is 17.7 Å². The van der Waals surface area contributed by atoms with E-state index in [0.717, 1.165) is 24.9 Å². The van der Waals surface area contributed by atoms with E-state index < -0.39 is 0 Å². The Morgan fingerprint density at radius 2 is 2.23 bits per heavy atom. The number of aryl methyl sites for hydroxylation is 2. The minimum absolute atomic E-state index is 0.0764. The number of rotatable bonds is 0. The van der Waals surface area contributed by atoms with Gasteiger partial charge in [-0.2, -0.15) is 0 Å². The molecule has 0 unspecified atom stereocenters. The average Bonchev–Trinajstić information content (AvgIpc) is 2.28. The van der Waals surface area contributed by atoms with Crippen molar-refractivity contribution in [3.8, 4) is 0 Å². The van der Waals surface area contributed by atoms with Gasteiger partial charge in [-0.25, -0.2) is 0 Å². The number of hydrogen-bond acceptors (Lipinski definition) is 1. The van der Waals surface area contributed by atoms with Gasteiger partial charge in [0.2, 0.25) is 0 Å². The molecule has 1 aromatic carbocycles. The molecule has 1 aliphatic rings. The van der Waals surface area contributed by atoms with Crippen molar-refractivity contribution in [2.24, 2.45) is 0 Å². The van der Waals surface area contributed by atoms with Crippen molar-refractivity contribution < 1.29 is 4.79 Å². The fourth-order valence-electron chi connectivity index (χ4n) is 1.73. The number of nitrogens with one attached hydrogen (secondary N) is 1. The van der Waals surface area contributed by atoms with Crippen molar-refractivity contribution in [2.45, 2.75) is 19.8 Å². The van der Waals surface area contributed by atoms with Crippen LogP contribution in [0, 0.1) is 6.92 Å². The van der Waals surface area contributed by atoms with E-state index in [1.54, 1.807) is 0 Å². The zero-order chi connectivity index (χ0) is 9.26. The molecule has 2 nitrogen and oxygen atoms in total. The molecule has 1 amide bonds. The van der Waals surface area contributed by atoms with Gasteiger partial charge >= 0.3 is 0 Å². The van der Waals surface area contributed by atoms with E-state index in [2.05, 4.69) is 18.3 Å². The first-order valence-corrected chi connectivity index (χ1v) is 4.65. The topological polar surface area (TPSA) is 29.1 Å². The highest BCUT2D eigenvalue weighted by atomic mass is 16.1. The summed E-state index contributed by atoms with van der Waals surface area (Å²) in [7, 11) is 0. The lowest BCUT2D eigenvalue weighted by molar-refractivity contribution is 0.0956. The lowest BCUT2D eigenvalue weighted by atomic mass is 10.0. The van der Waals surface area contributed by atoms with Crippen LogP contribution in [0.4, 0.5) is 0 Å². The Kier molecular flexibility index (Phi) is 2.05. The van der Waals surface area contributed by atoms with Crippen molar-refractivity contribution in [2.75, 3.05) is 6.54 Å². The Bertz CT molecular complexity index is 344. The van der Waals surface area contributed by atoms with Gasteiger partial charge in [0.05, 0.1) is 0 Å². The summed E-state index contributed by atoms with van der Waals surface area (Å²) in [6.45, 7) is 2.86. The number of carbonyl (C=O) groups is 1. The van der Waals surface area contributed by atoms with E-state index >= 15 is 0 Å². The molecule has 1 aliphatic heterocycles. The Labute approximate surface area is 78.0 Å². The molecule has 0 atom stereocenters. The predicted molar refractivity (Wildman–Crippen MR) is 51.8 cm³/mol. The van der Waals surface area contributed by atoms with Crippen LogP contribution in [0.1, 0.15) is 27.9 Å². The number of fused-ring (bicyclic) bond motifs is 1. The number of hydrogen-bond donors (Lipinski definition) is 1. The van der Waals surface area contributed by atoms with E-state index in [4.69, 9.17) is 0 Å². The van der Waals surface area contributed by atoms with E-state index in [9.17, 15) is 4.79 Å². The summed E-state index contributed by atoms with van der Waals surface area (Å²) in [6.07, 6.45) is 2.05. The highest BCUT2D eigenvalue weighted by Crippen LogP contribution is 2.15. The first-order chi connectivity index (χ1) is 6.27. The van der Waals surface area contributed by atoms with Crippen LogP contribution in [0.3, 0.4) is 0 Å². The maximum atomic E-state index is 11.5. The van der Waals surface area contributed by atoms with Gasteiger partial charge in [-0.05, 0) is 31.4 Å². The highest BCUT2D eigenvalue weighted by Gasteiger charge is 2.13. The lowest BCUT2D eigenvalue weighted by Crippen LogP contribution is -2.22. The summed E-state index contributed by atoms with van der Waals surface area (Å²) in [5, 5.41) is 2.88. The standard InChI is InChI=1S/C11H13NO/c1-8-4-5-10-9(7-8)3-2-6-12-11(10)13/h4-5,7H,2-3,6H2,1H3,(H,12,13).